The molecular formula is C10H7Cl3O2. The fourth-order valence-electron chi connectivity index (χ4n) is 1.51. The molecule has 0 spiro atoms. The van der Waals surface area contributed by atoms with Gasteiger partial charge in [0.1, 0.15) is 4.33 Å². The van der Waals surface area contributed by atoms with Crippen molar-refractivity contribution >= 4 is 40.8 Å². The molecule has 0 aliphatic heterocycles. The summed E-state index contributed by atoms with van der Waals surface area (Å²) in [6, 6.07) is 4.66. The number of carboxylic acids is 1. The van der Waals surface area contributed by atoms with Crippen molar-refractivity contribution in [2.45, 2.75) is 16.7 Å². The van der Waals surface area contributed by atoms with Crippen LogP contribution in [0.2, 0.25) is 5.02 Å². The molecule has 0 amide bonds. The molecule has 1 aromatic carbocycles. The Morgan fingerprint density at radius 3 is 2.47 bits per heavy atom. The number of halogens is 3. The highest BCUT2D eigenvalue weighted by Crippen LogP contribution is 2.59. The lowest BCUT2D eigenvalue weighted by Crippen LogP contribution is -1.98. The van der Waals surface area contributed by atoms with Gasteiger partial charge in [0.25, 0.3) is 0 Å². The van der Waals surface area contributed by atoms with Crippen molar-refractivity contribution in [1.82, 2.24) is 0 Å². The maximum absolute atomic E-state index is 10.8. The predicted octanol–water partition coefficient (Wildman–Crippen LogP) is 3.70. The molecule has 1 fully saturated rings. The lowest BCUT2D eigenvalue weighted by atomic mass is 10.1. The van der Waals surface area contributed by atoms with Crippen molar-refractivity contribution in [1.29, 1.82) is 0 Å². The van der Waals surface area contributed by atoms with Crippen LogP contribution in [0.4, 0.5) is 0 Å². The van der Waals surface area contributed by atoms with E-state index in [4.69, 9.17) is 39.9 Å². The molecule has 0 saturated heterocycles. The molecule has 1 N–H and O–H groups in total. The summed E-state index contributed by atoms with van der Waals surface area (Å²) in [5.41, 5.74) is 0.943. The molecule has 0 radical (unpaired) electrons. The first-order valence-corrected chi connectivity index (χ1v) is 5.45. The Morgan fingerprint density at radius 1 is 1.40 bits per heavy atom. The van der Waals surface area contributed by atoms with Crippen molar-refractivity contribution in [3.05, 3.63) is 34.3 Å². The molecule has 1 saturated carbocycles. The normalized spacial score (nSPS) is 22.5. The Bertz CT molecular complexity index is 429. The zero-order valence-corrected chi connectivity index (χ0v) is 9.77. The highest BCUT2D eigenvalue weighted by atomic mass is 35.5. The summed E-state index contributed by atoms with van der Waals surface area (Å²) < 4.78 is -0.763. The molecule has 2 rings (SSSR count). The molecule has 1 aliphatic carbocycles. The molecule has 0 bridgehead atoms. The van der Waals surface area contributed by atoms with E-state index in [2.05, 4.69) is 0 Å². The third-order valence-corrected chi connectivity index (χ3v) is 3.45. The quantitative estimate of drug-likeness (QED) is 0.828. The van der Waals surface area contributed by atoms with E-state index in [0.717, 1.165) is 5.56 Å². The van der Waals surface area contributed by atoms with E-state index in [-0.39, 0.29) is 11.5 Å². The summed E-state index contributed by atoms with van der Waals surface area (Å²) in [6.07, 6.45) is 0.634. The zero-order valence-electron chi connectivity index (χ0n) is 7.51. The summed E-state index contributed by atoms with van der Waals surface area (Å²) in [5.74, 6) is -1.02. The number of hydrogen-bond acceptors (Lipinski definition) is 1. The molecule has 0 aromatic heterocycles. The standard InChI is InChI=1S/C10H7Cl3O2/c11-7-2-5(8-4-10(8,12)13)1-6(3-7)9(14)15/h1-3,8H,4H2,(H,14,15). The third-order valence-electron chi connectivity index (χ3n) is 2.40. The van der Waals surface area contributed by atoms with Crippen LogP contribution in [0.25, 0.3) is 0 Å². The molecule has 1 atom stereocenters. The minimum atomic E-state index is -1.01. The van der Waals surface area contributed by atoms with Gasteiger partial charge in [0, 0.05) is 10.9 Å². The van der Waals surface area contributed by atoms with Gasteiger partial charge in [-0.1, -0.05) is 11.6 Å². The summed E-state index contributed by atoms with van der Waals surface area (Å²) in [7, 11) is 0. The Hall–Kier alpha value is -0.440. The van der Waals surface area contributed by atoms with Crippen molar-refractivity contribution in [2.75, 3.05) is 0 Å². The summed E-state index contributed by atoms with van der Waals surface area (Å²) >= 11 is 17.6. The van der Waals surface area contributed by atoms with Gasteiger partial charge in [0.05, 0.1) is 5.56 Å². The summed E-state index contributed by atoms with van der Waals surface area (Å²) in [5, 5.41) is 9.23. The van der Waals surface area contributed by atoms with E-state index < -0.39 is 10.3 Å². The van der Waals surface area contributed by atoms with Gasteiger partial charge in [-0.3, -0.25) is 0 Å². The van der Waals surface area contributed by atoms with Gasteiger partial charge in [-0.2, -0.15) is 0 Å². The van der Waals surface area contributed by atoms with Gasteiger partial charge in [-0.15, -0.1) is 23.2 Å². The second-order valence-electron chi connectivity index (χ2n) is 3.60. The number of aromatic carboxylic acids is 1. The zero-order chi connectivity index (χ0) is 11.2. The van der Waals surface area contributed by atoms with Crippen LogP contribution in [0, 0.1) is 0 Å². The van der Waals surface area contributed by atoms with Crippen molar-refractivity contribution in [3.8, 4) is 0 Å². The fourth-order valence-corrected chi connectivity index (χ4v) is 2.32. The first kappa shape index (κ1) is 11.1. The number of hydrogen-bond donors (Lipinski definition) is 1. The van der Waals surface area contributed by atoms with Gasteiger partial charge < -0.3 is 5.11 Å². The molecule has 1 aliphatic rings. The second kappa shape index (κ2) is 3.55. The lowest BCUT2D eigenvalue weighted by Gasteiger charge is -2.03. The average Bonchev–Trinajstić information content (AvgIpc) is 2.74. The molecular weight excluding hydrogens is 258 g/mol. The molecule has 5 heteroatoms. The molecule has 1 unspecified atom stereocenters. The monoisotopic (exact) mass is 264 g/mol. The molecule has 15 heavy (non-hydrogen) atoms. The van der Waals surface area contributed by atoms with Crippen LogP contribution in [0.15, 0.2) is 18.2 Å². The third kappa shape index (κ3) is 2.22. The van der Waals surface area contributed by atoms with Gasteiger partial charge in [-0.25, -0.2) is 4.79 Å². The predicted molar refractivity (Wildman–Crippen MR) is 60.2 cm³/mol. The van der Waals surface area contributed by atoms with E-state index in [1.54, 1.807) is 12.1 Å². The van der Waals surface area contributed by atoms with E-state index in [1.807, 2.05) is 0 Å². The molecule has 1 aromatic rings. The van der Waals surface area contributed by atoms with Gasteiger partial charge in [0.15, 0.2) is 0 Å². The van der Waals surface area contributed by atoms with Gasteiger partial charge in [-0.05, 0) is 30.2 Å². The average molecular weight is 266 g/mol. The Kier molecular flexibility index (Phi) is 2.61. The van der Waals surface area contributed by atoms with Gasteiger partial charge in [0.2, 0.25) is 0 Å². The van der Waals surface area contributed by atoms with Crippen molar-refractivity contribution in [2.24, 2.45) is 0 Å². The van der Waals surface area contributed by atoms with Crippen LogP contribution >= 0.6 is 34.8 Å². The van der Waals surface area contributed by atoms with Crippen LogP contribution in [0.3, 0.4) is 0 Å². The van der Waals surface area contributed by atoms with Crippen molar-refractivity contribution < 1.29 is 9.90 Å². The van der Waals surface area contributed by atoms with Crippen LogP contribution in [-0.2, 0) is 0 Å². The molecule has 80 valence electrons. The number of benzene rings is 1. The topological polar surface area (TPSA) is 37.3 Å². The highest BCUT2D eigenvalue weighted by Gasteiger charge is 2.52. The van der Waals surface area contributed by atoms with E-state index in [1.165, 1.54) is 6.07 Å². The van der Waals surface area contributed by atoms with E-state index in [9.17, 15) is 4.79 Å². The van der Waals surface area contributed by atoms with Crippen molar-refractivity contribution in [3.63, 3.8) is 0 Å². The fraction of sp³-hybridized carbons (Fsp3) is 0.300. The number of rotatable bonds is 2. The lowest BCUT2D eigenvalue weighted by molar-refractivity contribution is 0.0697. The number of alkyl halides is 2. The second-order valence-corrected chi connectivity index (χ2v) is 5.57. The first-order valence-electron chi connectivity index (χ1n) is 4.32. The Morgan fingerprint density at radius 2 is 2.00 bits per heavy atom. The molecule has 0 heterocycles. The maximum Gasteiger partial charge on any atom is 0.335 e. The minimum absolute atomic E-state index is 0.0161. The maximum atomic E-state index is 10.8. The van der Waals surface area contributed by atoms with Crippen LogP contribution in [0.1, 0.15) is 28.3 Å². The number of carbonyl (C=O) groups is 1. The van der Waals surface area contributed by atoms with E-state index in [0.29, 0.717) is 11.4 Å². The first-order chi connectivity index (χ1) is 6.90. The Balaban J connectivity index is 2.37. The SMILES string of the molecule is O=C(O)c1cc(Cl)cc(C2CC2(Cl)Cl)c1. The van der Waals surface area contributed by atoms with E-state index >= 15 is 0 Å². The van der Waals surface area contributed by atoms with Crippen LogP contribution in [-0.4, -0.2) is 15.4 Å². The molecule has 2 nitrogen and oxygen atoms in total. The number of carboxylic acid groups (broad SMARTS) is 1. The largest absolute Gasteiger partial charge is 0.478 e. The van der Waals surface area contributed by atoms with Crippen LogP contribution in [0.5, 0.6) is 0 Å². The van der Waals surface area contributed by atoms with Crippen LogP contribution < -0.4 is 0 Å². The minimum Gasteiger partial charge on any atom is -0.478 e. The smallest absolute Gasteiger partial charge is 0.335 e. The summed E-state index contributed by atoms with van der Waals surface area (Å²) in [4.78, 5) is 10.8. The Labute approximate surface area is 102 Å². The summed E-state index contributed by atoms with van der Waals surface area (Å²) in [6.45, 7) is 0. The van der Waals surface area contributed by atoms with Gasteiger partial charge >= 0.3 is 5.97 Å². The highest BCUT2D eigenvalue weighted by molar-refractivity contribution is 6.51.